The average Bonchev–Trinajstić information content (AvgIpc) is 2.47. The Hall–Kier alpha value is -1.87. The molecule has 2 rings (SSSR count). The molecule has 3 nitrogen and oxygen atoms in total. The summed E-state index contributed by atoms with van der Waals surface area (Å²) in [6.45, 7) is 2.08. The van der Waals surface area contributed by atoms with E-state index in [4.69, 9.17) is 5.73 Å². The summed E-state index contributed by atoms with van der Waals surface area (Å²) in [4.78, 5) is 6.53. The Balaban J connectivity index is 2.19. The third-order valence-corrected chi connectivity index (χ3v) is 3.13. The fourth-order valence-electron chi connectivity index (χ4n) is 1.83. The van der Waals surface area contributed by atoms with E-state index >= 15 is 0 Å². The number of nitrogens with zero attached hydrogens (tertiary/aromatic N) is 2. The van der Waals surface area contributed by atoms with Crippen molar-refractivity contribution in [2.75, 3.05) is 11.9 Å². The molecule has 18 heavy (non-hydrogen) atoms. The highest BCUT2D eigenvalue weighted by Crippen LogP contribution is 2.22. The van der Waals surface area contributed by atoms with Crippen molar-refractivity contribution in [1.29, 1.82) is 0 Å². The molecule has 1 aromatic heterocycles. The summed E-state index contributed by atoms with van der Waals surface area (Å²) in [5.41, 5.74) is 8.19. The molecule has 0 spiro atoms. The minimum atomic E-state index is 0.0774. The van der Waals surface area contributed by atoms with Gasteiger partial charge in [-0.05, 0) is 30.2 Å². The lowest BCUT2D eigenvalue weighted by Crippen LogP contribution is -2.13. The summed E-state index contributed by atoms with van der Waals surface area (Å²) < 4.78 is 0. The fraction of sp³-hybridized carbons (Fsp3) is 0.267. The van der Waals surface area contributed by atoms with Crippen LogP contribution in [0.4, 0.5) is 11.5 Å². The first-order valence-corrected chi connectivity index (χ1v) is 6.22. The molecule has 94 valence electrons. The van der Waals surface area contributed by atoms with E-state index in [0.717, 1.165) is 23.5 Å². The highest BCUT2D eigenvalue weighted by Gasteiger charge is 2.07. The summed E-state index contributed by atoms with van der Waals surface area (Å²) in [5, 5.41) is 0. The normalized spacial score (nSPS) is 12.2. The van der Waals surface area contributed by atoms with Gasteiger partial charge in [-0.25, -0.2) is 4.98 Å². The van der Waals surface area contributed by atoms with Gasteiger partial charge in [-0.2, -0.15) is 0 Å². The molecule has 1 atom stereocenters. The third kappa shape index (κ3) is 2.68. The zero-order valence-corrected chi connectivity index (χ0v) is 10.9. The van der Waals surface area contributed by atoms with Crippen LogP contribution in [0.3, 0.4) is 0 Å². The van der Waals surface area contributed by atoms with Gasteiger partial charge in [0.1, 0.15) is 5.82 Å². The third-order valence-electron chi connectivity index (χ3n) is 3.13. The number of aromatic nitrogens is 1. The van der Waals surface area contributed by atoms with Crippen LogP contribution in [-0.2, 0) is 0 Å². The van der Waals surface area contributed by atoms with Gasteiger partial charge in [-0.1, -0.05) is 31.2 Å². The van der Waals surface area contributed by atoms with Gasteiger partial charge in [-0.3, -0.25) is 0 Å². The highest BCUT2D eigenvalue weighted by molar-refractivity contribution is 5.58. The molecular formula is C15H19N3. The number of benzene rings is 1. The highest BCUT2D eigenvalue weighted by atomic mass is 15.2. The molecule has 0 aliphatic rings. The summed E-state index contributed by atoms with van der Waals surface area (Å²) in [7, 11) is 2.01. The lowest BCUT2D eigenvalue weighted by atomic mass is 10.1. The Bertz CT molecular complexity index is 479. The SMILES string of the molecule is CC[C@@H](N)c1ccc(N(C)c2ccccc2)nc1. The second kappa shape index (κ2) is 5.65. The fourth-order valence-corrected chi connectivity index (χ4v) is 1.83. The van der Waals surface area contributed by atoms with Gasteiger partial charge >= 0.3 is 0 Å². The largest absolute Gasteiger partial charge is 0.329 e. The maximum Gasteiger partial charge on any atom is 0.132 e. The molecule has 3 heteroatoms. The number of nitrogens with two attached hydrogens (primary N) is 1. The summed E-state index contributed by atoms with van der Waals surface area (Å²) in [6.07, 6.45) is 2.79. The molecule has 0 amide bonds. The summed E-state index contributed by atoms with van der Waals surface area (Å²) in [5.74, 6) is 0.924. The molecule has 0 bridgehead atoms. The first-order chi connectivity index (χ1) is 8.72. The van der Waals surface area contributed by atoms with E-state index in [1.165, 1.54) is 0 Å². The van der Waals surface area contributed by atoms with Gasteiger partial charge in [0.05, 0.1) is 0 Å². The predicted molar refractivity (Wildman–Crippen MR) is 76.0 cm³/mol. The lowest BCUT2D eigenvalue weighted by Gasteiger charge is -2.19. The van der Waals surface area contributed by atoms with E-state index in [1.54, 1.807) is 0 Å². The lowest BCUT2D eigenvalue weighted by molar-refractivity contribution is 0.695. The van der Waals surface area contributed by atoms with E-state index < -0.39 is 0 Å². The minimum absolute atomic E-state index is 0.0774. The van der Waals surface area contributed by atoms with Crippen LogP contribution in [0.1, 0.15) is 24.9 Å². The van der Waals surface area contributed by atoms with Gasteiger partial charge in [0, 0.05) is 25.0 Å². The topological polar surface area (TPSA) is 42.1 Å². The Morgan fingerprint density at radius 3 is 2.44 bits per heavy atom. The second-order valence-corrected chi connectivity index (χ2v) is 4.36. The van der Waals surface area contributed by atoms with Gasteiger partial charge in [0.25, 0.3) is 0 Å². The Morgan fingerprint density at radius 1 is 1.17 bits per heavy atom. The van der Waals surface area contributed by atoms with E-state index in [2.05, 4.69) is 35.0 Å². The molecule has 0 aliphatic heterocycles. The molecule has 2 N–H and O–H groups in total. The molecular weight excluding hydrogens is 222 g/mol. The first-order valence-electron chi connectivity index (χ1n) is 6.22. The molecule has 0 saturated heterocycles. The van der Waals surface area contributed by atoms with Crippen molar-refractivity contribution in [2.45, 2.75) is 19.4 Å². The van der Waals surface area contributed by atoms with Crippen LogP contribution in [0.5, 0.6) is 0 Å². The van der Waals surface area contributed by atoms with Crippen LogP contribution in [0.15, 0.2) is 48.7 Å². The van der Waals surface area contributed by atoms with Crippen molar-refractivity contribution in [2.24, 2.45) is 5.73 Å². The number of rotatable bonds is 4. The zero-order valence-electron chi connectivity index (χ0n) is 10.9. The first kappa shape index (κ1) is 12.6. The number of hydrogen-bond donors (Lipinski definition) is 1. The molecule has 0 saturated carbocycles. The van der Waals surface area contributed by atoms with E-state index in [-0.39, 0.29) is 6.04 Å². The van der Waals surface area contributed by atoms with Crippen LogP contribution >= 0.6 is 0 Å². The van der Waals surface area contributed by atoms with Crippen molar-refractivity contribution in [3.63, 3.8) is 0 Å². The number of para-hydroxylation sites is 1. The van der Waals surface area contributed by atoms with Gasteiger partial charge in [0.2, 0.25) is 0 Å². The van der Waals surface area contributed by atoms with Crippen molar-refractivity contribution >= 4 is 11.5 Å². The van der Waals surface area contributed by atoms with Crippen molar-refractivity contribution < 1.29 is 0 Å². The monoisotopic (exact) mass is 241 g/mol. The number of anilines is 2. The van der Waals surface area contributed by atoms with E-state index in [0.29, 0.717) is 0 Å². The van der Waals surface area contributed by atoms with Gasteiger partial charge in [0.15, 0.2) is 0 Å². The quantitative estimate of drug-likeness (QED) is 0.893. The maximum atomic E-state index is 5.98. The smallest absolute Gasteiger partial charge is 0.132 e. The molecule has 0 unspecified atom stereocenters. The standard InChI is InChI=1S/C15H19N3/c1-3-14(16)12-9-10-15(17-11-12)18(2)13-7-5-4-6-8-13/h4-11,14H,3,16H2,1-2H3/t14-/m1/s1. The molecule has 1 aromatic carbocycles. The molecule has 0 aliphatic carbocycles. The van der Waals surface area contributed by atoms with Gasteiger partial charge in [-0.15, -0.1) is 0 Å². The Morgan fingerprint density at radius 2 is 1.89 bits per heavy atom. The molecule has 1 heterocycles. The van der Waals surface area contributed by atoms with Crippen molar-refractivity contribution in [3.05, 3.63) is 54.2 Å². The van der Waals surface area contributed by atoms with Crippen molar-refractivity contribution in [3.8, 4) is 0 Å². The summed E-state index contributed by atoms with van der Waals surface area (Å²) in [6, 6.07) is 14.3. The van der Waals surface area contributed by atoms with Crippen molar-refractivity contribution in [1.82, 2.24) is 4.98 Å². The van der Waals surface area contributed by atoms with Crippen LogP contribution < -0.4 is 10.6 Å². The number of hydrogen-bond acceptors (Lipinski definition) is 3. The maximum absolute atomic E-state index is 5.98. The second-order valence-electron chi connectivity index (χ2n) is 4.36. The molecule has 0 fully saturated rings. The predicted octanol–water partition coefficient (Wildman–Crippen LogP) is 3.26. The van der Waals surface area contributed by atoms with Crippen LogP contribution in [0.25, 0.3) is 0 Å². The Labute approximate surface area is 108 Å². The van der Waals surface area contributed by atoms with E-state index in [9.17, 15) is 0 Å². The van der Waals surface area contributed by atoms with Crippen LogP contribution in [0.2, 0.25) is 0 Å². The zero-order chi connectivity index (χ0) is 13.0. The average molecular weight is 241 g/mol. The Kier molecular flexibility index (Phi) is 3.95. The van der Waals surface area contributed by atoms with E-state index in [1.807, 2.05) is 37.5 Å². The summed E-state index contributed by atoms with van der Waals surface area (Å²) >= 11 is 0. The van der Waals surface area contributed by atoms with Crippen LogP contribution in [0, 0.1) is 0 Å². The minimum Gasteiger partial charge on any atom is -0.329 e. The van der Waals surface area contributed by atoms with Gasteiger partial charge < -0.3 is 10.6 Å². The number of pyridine rings is 1. The molecule has 2 aromatic rings. The van der Waals surface area contributed by atoms with Crippen LogP contribution in [-0.4, -0.2) is 12.0 Å². The molecule has 0 radical (unpaired) electrons.